The van der Waals surface area contributed by atoms with Gasteiger partial charge in [-0.25, -0.2) is 0 Å². The molecule has 1 aromatic rings. The molecule has 116 valence electrons. The Kier molecular flexibility index (Phi) is 8.59. The van der Waals surface area contributed by atoms with Gasteiger partial charge in [-0.15, -0.1) is 10.2 Å². The molecular formula is C12H26N4O3Si. The zero-order valence-electron chi connectivity index (χ0n) is 12.7. The van der Waals surface area contributed by atoms with Gasteiger partial charge in [0, 0.05) is 25.9 Å². The third-order valence-electron chi connectivity index (χ3n) is 2.83. The molecule has 0 N–H and O–H groups in total. The molecule has 0 saturated heterocycles. The summed E-state index contributed by atoms with van der Waals surface area (Å²) < 4.78 is 17.5. The van der Waals surface area contributed by atoms with Crippen LogP contribution in [0.3, 0.4) is 0 Å². The first kappa shape index (κ1) is 17.2. The molecule has 20 heavy (non-hydrogen) atoms. The average molecular weight is 302 g/mol. The zero-order valence-corrected chi connectivity index (χ0v) is 13.7. The minimum atomic E-state index is -2.46. The lowest BCUT2D eigenvalue weighted by atomic mass is 10.2. The van der Waals surface area contributed by atoms with Crippen LogP contribution in [0.1, 0.15) is 40.0 Å². The maximum Gasteiger partial charge on any atom is 0.500 e. The summed E-state index contributed by atoms with van der Waals surface area (Å²) in [5.74, 6) is 0. The maximum atomic E-state index is 5.82. The topological polar surface area (TPSA) is 71.3 Å². The summed E-state index contributed by atoms with van der Waals surface area (Å²) in [6.07, 6.45) is 4.58. The van der Waals surface area contributed by atoms with Crippen molar-refractivity contribution < 1.29 is 13.3 Å². The fraction of sp³-hybridized carbons (Fsp3) is 0.917. The van der Waals surface area contributed by atoms with E-state index < -0.39 is 8.80 Å². The lowest BCUT2D eigenvalue weighted by molar-refractivity contribution is 0.0706. The van der Waals surface area contributed by atoms with Gasteiger partial charge in [0.15, 0.2) is 6.33 Å². The van der Waals surface area contributed by atoms with Gasteiger partial charge in [-0.2, -0.15) is 4.80 Å². The monoisotopic (exact) mass is 302 g/mol. The van der Waals surface area contributed by atoms with Gasteiger partial charge in [-0.3, -0.25) is 0 Å². The van der Waals surface area contributed by atoms with E-state index in [0.717, 1.165) is 31.9 Å². The van der Waals surface area contributed by atoms with Crippen LogP contribution in [0.25, 0.3) is 0 Å². The Morgan fingerprint density at radius 2 is 1.60 bits per heavy atom. The van der Waals surface area contributed by atoms with Gasteiger partial charge in [0.05, 0.1) is 6.54 Å². The zero-order chi connectivity index (χ0) is 14.7. The second-order valence-corrected chi connectivity index (χ2v) is 7.06. The molecule has 0 aliphatic heterocycles. The Labute approximate surface area is 122 Å². The van der Waals surface area contributed by atoms with Gasteiger partial charge in [0.1, 0.15) is 0 Å². The van der Waals surface area contributed by atoms with Crippen LogP contribution < -0.4 is 0 Å². The smallest absolute Gasteiger partial charge is 0.374 e. The molecule has 0 unspecified atom stereocenters. The van der Waals surface area contributed by atoms with Crippen molar-refractivity contribution in [3.8, 4) is 0 Å². The average Bonchev–Trinajstić information content (AvgIpc) is 2.92. The van der Waals surface area contributed by atoms with Crippen LogP contribution in [0.4, 0.5) is 0 Å². The molecule has 7 nitrogen and oxygen atoms in total. The minimum absolute atomic E-state index is 0.634. The number of nitrogens with zero attached hydrogens (tertiary/aromatic N) is 4. The number of aryl methyl sites for hydroxylation is 1. The summed E-state index contributed by atoms with van der Waals surface area (Å²) >= 11 is 0. The Hall–Kier alpha value is -0.833. The van der Waals surface area contributed by atoms with Crippen molar-refractivity contribution in [2.45, 2.75) is 52.6 Å². The van der Waals surface area contributed by atoms with E-state index >= 15 is 0 Å². The van der Waals surface area contributed by atoms with Crippen molar-refractivity contribution in [3.63, 3.8) is 0 Å². The SMILES string of the molecule is CCO[Si](CCCCCn1ncnn1)(OCC)OCC. The van der Waals surface area contributed by atoms with Crippen LogP contribution in [-0.2, 0) is 19.8 Å². The van der Waals surface area contributed by atoms with Gasteiger partial charge in [-0.05, 0) is 38.8 Å². The summed E-state index contributed by atoms with van der Waals surface area (Å²) in [6, 6.07) is 0.868. The molecule has 0 aromatic carbocycles. The third kappa shape index (κ3) is 6.08. The highest BCUT2D eigenvalue weighted by Crippen LogP contribution is 2.19. The first-order chi connectivity index (χ1) is 9.76. The highest BCUT2D eigenvalue weighted by atomic mass is 28.4. The van der Waals surface area contributed by atoms with Crippen molar-refractivity contribution in [3.05, 3.63) is 6.33 Å². The molecular weight excluding hydrogens is 276 g/mol. The number of tetrazole rings is 1. The Bertz CT molecular complexity index is 320. The highest BCUT2D eigenvalue weighted by Gasteiger charge is 2.39. The number of rotatable bonds is 12. The fourth-order valence-corrected chi connectivity index (χ4v) is 4.75. The van der Waals surface area contributed by atoms with Crippen molar-refractivity contribution in [1.82, 2.24) is 20.2 Å². The van der Waals surface area contributed by atoms with Crippen LogP contribution in [0.15, 0.2) is 6.33 Å². The van der Waals surface area contributed by atoms with Crippen LogP contribution in [-0.4, -0.2) is 48.8 Å². The van der Waals surface area contributed by atoms with E-state index in [0.29, 0.717) is 19.8 Å². The molecule has 0 bridgehead atoms. The second kappa shape index (κ2) is 9.98. The molecule has 0 aliphatic rings. The number of unbranched alkanes of at least 4 members (excludes halogenated alkanes) is 2. The summed E-state index contributed by atoms with van der Waals surface area (Å²) in [5, 5.41) is 11.5. The van der Waals surface area contributed by atoms with E-state index in [1.165, 1.54) is 6.33 Å². The van der Waals surface area contributed by atoms with Crippen LogP contribution in [0.5, 0.6) is 0 Å². The molecule has 1 heterocycles. The van der Waals surface area contributed by atoms with E-state index in [4.69, 9.17) is 13.3 Å². The first-order valence-corrected chi connectivity index (χ1v) is 9.32. The number of aromatic nitrogens is 4. The summed E-state index contributed by atoms with van der Waals surface area (Å²) in [7, 11) is -2.46. The fourth-order valence-electron chi connectivity index (χ4n) is 2.06. The molecule has 1 rings (SSSR count). The molecule has 0 radical (unpaired) electrons. The highest BCUT2D eigenvalue weighted by molar-refractivity contribution is 6.60. The van der Waals surface area contributed by atoms with Crippen LogP contribution in [0.2, 0.25) is 6.04 Å². The van der Waals surface area contributed by atoms with Crippen molar-refractivity contribution in [2.75, 3.05) is 19.8 Å². The molecule has 0 spiro atoms. The lowest BCUT2D eigenvalue weighted by Crippen LogP contribution is -2.45. The van der Waals surface area contributed by atoms with Crippen LogP contribution in [0, 0.1) is 0 Å². The number of hydrogen-bond acceptors (Lipinski definition) is 6. The molecule has 1 aromatic heterocycles. The molecule has 0 fully saturated rings. The Morgan fingerprint density at radius 1 is 0.950 bits per heavy atom. The molecule has 0 aliphatic carbocycles. The molecule has 0 saturated carbocycles. The normalized spacial score (nSPS) is 11.9. The van der Waals surface area contributed by atoms with Crippen LogP contribution >= 0.6 is 0 Å². The third-order valence-corrected chi connectivity index (χ3v) is 5.98. The van der Waals surface area contributed by atoms with Gasteiger partial charge in [0.25, 0.3) is 0 Å². The minimum Gasteiger partial charge on any atom is -0.374 e. The van der Waals surface area contributed by atoms with E-state index in [2.05, 4.69) is 15.4 Å². The Balaban J connectivity index is 2.29. The standard InChI is InChI=1S/C12H26N4O3Si/c1-4-17-20(18-5-2,19-6-3)11-9-7-8-10-16-14-12-13-15-16/h12H,4-11H2,1-3H3. The van der Waals surface area contributed by atoms with Crippen molar-refractivity contribution >= 4 is 8.80 Å². The van der Waals surface area contributed by atoms with E-state index in [-0.39, 0.29) is 0 Å². The van der Waals surface area contributed by atoms with Gasteiger partial charge in [-0.1, -0.05) is 6.42 Å². The van der Waals surface area contributed by atoms with Crippen molar-refractivity contribution in [1.29, 1.82) is 0 Å². The summed E-state index contributed by atoms with van der Waals surface area (Å²) in [5.41, 5.74) is 0. The van der Waals surface area contributed by atoms with E-state index in [1.54, 1.807) is 4.80 Å². The predicted molar refractivity (Wildman–Crippen MR) is 77.1 cm³/mol. The second-order valence-electron chi connectivity index (χ2n) is 4.32. The Morgan fingerprint density at radius 3 is 2.10 bits per heavy atom. The van der Waals surface area contributed by atoms with E-state index in [1.807, 2.05) is 20.8 Å². The molecule has 8 heteroatoms. The van der Waals surface area contributed by atoms with Gasteiger partial charge >= 0.3 is 8.80 Å². The quantitative estimate of drug-likeness (QED) is 0.434. The number of hydrogen-bond donors (Lipinski definition) is 0. The summed E-state index contributed by atoms with van der Waals surface area (Å²) in [4.78, 5) is 1.61. The largest absolute Gasteiger partial charge is 0.500 e. The first-order valence-electron chi connectivity index (χ1n) is 7.39. The maximum absolute atomic E-state index is 5.82. The summed E-state index contributed by atoms with van der Waals surface area (Å²) in [6.45, 7) is 8.65. The van der Waals surface area contributed by atoms with E-state index in [9.17, 15) is 0 Å². The molecule has 0 amide bonds. The van der Waals surface area contributed by atoms with Crippen molar-refractivity contribution in [2.24, 2.45) is 0 Å². The molecule has 0 atom stereocenters. The van der Waals surface area contributed by atoms with Gasteiger partial charge in [0.2, 0.25) is 0 Å². The predicted octanol–water partition coefficient (Wildman–Crippen LogP) is 1.89. The lowest BCUT2D eigenvalue weighted by Gasteiger charge is -2.28. The van der Waals surface area contributed by atoms with Gasteiger partial charge < -0.3 is 13.3 Å².